The molecule has 8 nitrogen and oxygen atoms in total. The highest BCUT2D eigenvalue weighted by molar-refractivity contribution is 5.91. The van der Waals surface area contributed by atoms with E-state index in [9.17, 15) is 9.90 Å². The molecule has 1 fully saturated rings. The van der Waals surface area contributed by atoms with E-state index in [1.165, 1.54) is 4.57 Å². The number of nitrogens with zero attached hydrogens (tertiary/aromatic N) is 1. The van der Waals surface area contributed by atoms with Crippen LogP contribution in [0.1, 0.15) is 49.3 Å². The number of carbonyl (C=O) groups is 1. The largest absolute Gasteiger partial charge is 0.443 e. The van der Waals surface area contributed by atoms with Crippen LogP contribution in [-0.4, -0.2) is 52.4 Å². The summed E-state index contributed by atoms with van der Waals surface area (Å²) in [4.78, 5) is 13.8. The van der Waals surface area contributed by atoms with Crippen molar-refractivity contribution in [2.24, 2.45) is 0 Å². The van der Waals surface area contributed by atoms with Gasteiger partial charge in [0.2, 0.25) is 0 Å². The molecule has 8 heteroatoms. The van der Waals surface area contributed by atoms with Crippen LogP contribution in [0, 0.1) is 0 Å². The van der Waals surface area contributed by atoms with Crippen LogP contribution in [0.25, 0.3) is 10.9 Å². The van der Waals surface area contributed by atoms with E-state index < -0.39 is 42.2 Å². The van der Waals surface area contributed by atoms with Gasteiger partial charge in [-0.3, -0.25) is 0 Å². The van der Waals surface area contributed by atoms with E-state index in [0.717, 1.165) is 22.1 Å². The summed E-state index contributed by atoms with van der Waals surface area (Å²) in [6.07, 6.45) is -4.91. The number of hydrogen-bond acceptors (Lipinski definition) is 7. The first-order valence-corrected chi connectivity index (χ1v) is 16.4. The quantitative estimate of drug-likeness (QED) is 0.158. The summed E-state index contributed by atoms with van der Waals surface area (Å²) in [5, 5.41) is 13.0. The predicted molar refractivity (Wildman–Crippen MR) is 183 cm³/mol. The highest BCUT2D eigenvalue weighted by Gasteiger charge is 2.49. The van der Waals surface area contributed by atoms with Gasteiger partial charge in [-0.2, -0.15) is 0 Å². The van der Waals surface area contributed by atoms with Crippen LogP contribution in [0.3, 0.4) is 0 Å². The van der Waals surface area contributed by atoms with Crippen molar-refractivity contribution >= 4 is 17.0 Å². The summed E-state index contributed by atoms with van der Waals surface area (Å²) >= 11 is 0. The highest BCUT2D eigenvalue weighted by atomic mass is 16.6. The highest BCUT2D eigenvalue weighted by Crippen LogP contribution is 2.39. The third-order valence-corrected chi connectivity index (χ3v) is 8.23. The van der Waals surface area contributed by atoms with Crippen molar-refractivity contribution in [2.75, 3.05) is 6.61 Å². The van der Waals surface area contributed by atoms with E-state index in [4.69, 9.17) is 23.7 Å². The molecule has 48 heavy (non-hydrogen) atoms. The number of aliphatic hydroxyl groups is 1. The summed E-state index contributed by atoms with van der Waals surface area (Å²) in [6, 6.07) is 39.0. The second-order valence-electron chi connectivity index (χ2n) is 13.1. The fourth-order valence-electron chi connectivity index (χ4n) is 6.00. The fraction of sp³-hybridized carbons (Fsp3) is 0.325. The molecule has 4 aromatic carbocycles. The zero-order valence-corrected chi connectivity index (χ0v) is 27.6. The van der Waals surface area contributed by atoms with Crippen molar-refractivity contribution in [3.63, 3.8) is 0 Å². The lowest BCUT2D eigenvalue weighted by Gasteiger charge is -2.44. The Morgan fingerprint density at radius 3 is 1.83 bits per heavy atom. The molecule has 0 unspecified atom stereocenters. The lowest BCUT2D eigenvalue weighted by Crippen LogP contribution is -2.57. The third-order valence-electron chi connectivity index (χ3n) is 8.23. The maximum absolute atomic E-state index is 13.8. The van der Waals surface area contributed by atoms with Gasteiger partial charge in [-0.1, -0.05) is 109 Å². The number of benzene rings is 4. The molecule has 0 saturated carbocycles. The van der Waals surface area contributed by atoms with Crippen LogP contribution in [0.15, 0.2) is 121 Å². The van der Waals surface area contributed by atoms with Crippen LogP contribution < -0.4 is 0 Å². The third kappa shape index (κ3) is 8.21. The Morgan fingerprint density at radius 1 is 0.729 bits per heavy atom. The molecular weight excluding hydrogens is 606 g/mol. The van der Waals surface area contributed by atoms with Gasteiger partial charge in [0, 0.05) is 5.39 Å². The van der Waals surface area contributed by atoms with Crippen molar-refractivity contribution in [1.29, 1.82) is 0 Å². The van der Waals surface area contributed by atoms with Gasteiger partial charge in [0.1, 0.15) is 36.1 Å². The van der Waals surface area contributed by atoms with Gasteiger partial charge in [-0.15, -0.1) is 0 Å². The Balaban J connectivity index is 1.37. The van der Waals surface area contributed by atoms with Gasteiger partial charge in [-0.25, -0.2) is 9.36 Å². The number of fused-ring (bicyclic) bond motifs is 1. The van der Waals surface area contributed by atoms with Crippen LogP contribution >= 0.6 is 0 Å². The summed E-state index contributed by atoms with van der Waals surface area (Å²) in [5.74, 6) is 0. The molecular formula is C40H43NO7. The Hall–Kier alpha value is -4.31. The second kappa shape index (κ2) is 15.3. The van der Waals surface area contributed by atoms with Crippen molar-refractivity contribution in [3.8, 4) is 0 Å². The van der Waals surface area contributed by atoms with Crippen molar-refractivity contribution in [2.45, 2.75) is 76.7 Å². The SMILES string of the molecule is CC(C)(C)OC(=O)n1c([C@@H]2O[C@@H](COCc3ccccc3)[C@H](OCc3ccccc3)[C@@H](OCc3ccccc3)[C@H]2O)cc2ccccc21. The summed E-state index contributed by atoms with van der Waals surface area (Å²) in [6.45, 7) is 6.53. The molecule has 0 amide bonds. The molecule has 1 N–H and O–H groups in total. The fourth-order valence-corrected chi connectivity index (χ4v) is 6.00. The topological polar surface area (TPSA) is 88.4 Å². The number of carbonyl (C=O) groups excluding carboxylic acids is 1. The Labute approximate surface area is 281 Å². The van der Waals surface area contributed by atoms with Crippen LogP contribution in [-0.2, 0) is 43.5 Å². The summed E-state index contributed by atoms with van der Waals surface area (Å²) in [5.41, 5.74) is 3.32. The Bertz CT molecular complexity index is 1750. The molecule has 1 aromatic heterocycles. The van der Waals surface area contributed by atoms with Crippen LogP contribution in [0.2, 0.25) is 0 Å². The van der Waals surface area contributed by atoms with Gasteiger partial charge in [0.05, 0.1) is 37.6 Å². The lowest BCUT2D eigenvalue weighted by atomic mass is 9.92. The van der Waals surface area contributed by atoms with Crippen molar-refractivity contribution in [3.05, 3.63) is 144 Å². The number of para-hydroxylation sites is 1. The normalized spacial score (nSPS) is 21.3. The van der Waals surface area contributed by atoms with Crippen LogP contribution in [0.5, 0.6) is 0 Å². The second-order valence-corrected chi connectivity index (χ2v) is 13.1. The smallest absolute Gasteiger partial charge is 0.419 e. The maximum atomic E-state index is 13.8. The molecule has 2 heterocycles. The number of aromatic nitrogens is 1. The first kappa shape index (κ1) is 33.6. The standard InChI is InChI=1S/C40H43NO7/c1-40(2,3)48-39(43)41-32-22-14-13-21-31(32)23-33(41)36-35(42)38(46-26-30-19-11-6-12-20-30)37(45-25-29-17-9-5-10-18-29)34(47-36)27-44-24-28-15-7-4-8-16-28/h4-23,34-38,42H,24-27H2,1-3H3/t34-,35-,36-,37-,38-/m0/s1. The van der Waals surface area contributed by atoms with E-state index >= 15 is 0 Å². The van der Waals surface area contributed by atoms with E-state index in [-0.39, 0.29) is 19.8 Å². The molecule has 0 spiro atoms. The molecule has 1 aliphatic rings. The Morgan fingerprint density at radius 2 is 1.25 bits per heavy atom. The number of aliphatic hydroxyl groups excluding tert-OH is 1. The minimum atomic E-state index is -1.20. The van der Waals surface area contributed by atoms with Gasteiger partial charge in [0.15, 0.2) is 0 Å². The van der Waals surface area contributed by atoms with Gasteiger partial charge in [0.25, 0.3) is 0 Å². The molecule has 5 aromatic rings. The average molecular weight is 650 g/mol. The number of ether oxygens (including phenoxy) is 5. The molecule has 1 aliphatic heterocycles. The molecule has 0 radical (unpaired) electrons. The van der Waals surface area contributed by atoms with E-state index in [1.54, 1.807) is 0 Å². The van der Waals surface area contributed by atoms with Gasteiger partial charge < -0.3 is 28.8 Å². The minimum Gasteiger partial charge on any atom is -0.443 e. The van der Waals surface area contributed by atoms with Crippen molar-refractivity contribution in [1.82, 2.24) is 4.57 Å². The Kier molecular flexibility index (Phi) is 10.7. The molecule has 0 bridgehead atoms. The molecule has 5 atom stereocenters. The molecule has 250 valence electrons. The number of hydrogen-bond donors (Lipinski definition) is 1. The summed E-state index contributed by atoms with van der Waals surface area (Å²) < 4.78 is 33.4. The first-order chi connectivity index (χ1) is 23.3. The predicted octanol–water partition coefficient (Wildman–Crippen LogP) is 7.61. The van der Waals surface area contributed by atoms with Crippen LogP contribution in [0.4, 0.5) is 4.79 Å². The van der Waals surface area contributed by atoms with Gasteiger partial charge >= 0.3 is 6.09 Å². The first-order valence-electron chi connectivity index (χ1n) is 16.4. The zero-order chi connectivity index (χ0) is 33.5. The van der Waals surface area contributed by atoms with Crippen molar-refractivity contribution < 1.29 is 33.6 Å². The monoisotopic (exact) mass is 649 g/mol. The average Bonchev–Trinajstić information content (AvgIpc) is 3.48. The molecule has 0 aliphatic carbocycles. The molecule has 1 saturated heterocycles. The van der Waals surface area contributed by atoms with E-state index in [0.29, 0.717) is 17.8 Å². The summed E-state index contributed by atoms with van der Waals surface area (Å²) in [7, 11) is 0. The minimum absolute atomic E-state index is 0.162. The maximum Gasteiger partial charge on any atom is 0.419 e. The molecule has 6 rings (SSSR count). The zero-order valence-electron chi connectivity index (χ0n) is 27.6. The lowest BCUT2D eigenvalue weighted by molar-refractivity contribution is -0.264. The van der Waals surface area contributed by atoms with E-state index in [2.05, 4.69) is 0 Å². The van der Waals surface area contributed by atoms with Gasteiger partial charge in [-0.05, 0) is 49.6 Å². The van der Waals surface area contributed by atoms with E-state index in [1.807, 2.05) is 142 Å². The number of rotatable bonds is 11.